The second-order valence-corrected chi connectivity index (χ2v) is 6.06. The van der Waals surface area contributed by atoms with Crippen LogP contribution in [-0.2, 0) is 0 Å². The van der Waals surface area contributed by atoms with Crippen LogP contribution in [0.4, 0.5) is 17.5 Å². The predicted molar refractivity (Wildman–Crippen MR) is 77.3 cm³/mol. The zero-order valence-corrected chi connectivity index (χ0v) is 12.2. The third kappa shape index (κ3) is 3.93. The number of thioether (sulfide) groups is 1. The molecule has 0 saturated carbocycles. The Hall–Kier alpha value is -1.61. The highest BCUT2D eigenvalue weighted by molar-refractivity contribution is 7.99. The average Bonchev–Trinajstić information content (AvgIpc) is 2.35. The van der Waals surface area contributed by atoms with Crippen LogP contribution in [0.15, 0.2) is 0 Å². The zero-order valence-electron chi connectivity index (χ0n) is 11.4. The van der Waals surface area contributed by atoms with Gasteiger partial charge in [-0.1, -0.05) is 0 Å². The third-order valence-electron chi connectivity index (χ3n) is 2.60. The normalized spacial score (nSPS) is 11.2. The number of hydrogen-bond acceptors (Lipinski definition) is 8. The Morgan fingerprint density at radius 1 is 1.47 bits per heavy atom. The number of aromatic nitrogens is 2. The van der Waals surface area contributed by atoms with Crippen LogP contribution in [0, 0.1) is 17.0 Å². The van der Waals surface area contributed by atoms with Gasteiger partial charge in [0.05, 0.1) is 4.92 Å². The second-order valence-electron chi connectivity index (χ2n) is 4.55. The lowest BCUT2D eigenvalue weighted by molar-refractivity contribution is -0.385. The van der Waals surface area contributed by atoms with Crippen molar-refractivity contribution in [3.63, 3.8) is 0 Å². The van der Waals surface area contributed by atoms with Crippen LogP contribution in [0.25, 0.3) is 0 Å². The first-order valence-electron chi connectivity index (χ1n) is 5.59. The molecule has 1 aromatic rings. The molecule has 0 bridgehead atoms. The summed E-state index contributed by atoms with van der Waals surface area (Å²) in [6, 6.07) is 0. The van der Waals surface area contributed by atoms with Gasteiger partial charge in [-0.05, 0) is 27.0 Å². The number of nitrogens with two attached hydrogens (primary N) is 1. The summed E-state index contributed by atoms with van der Waals surface area (Å²) >= 11 is 1.66. The van der Waals surface area contributed by atoms with E-state index in [1.54, 1.807) is 18.7 Å². The molecule has 0 unspecified atom stereocenters. The van der Waals surface area contributed by atoms with Crippen molar-refractivity contribution in [1.29, 1.82) is 0 Å². The van der Waals surface area contributed by atoms with Gasteiger partial charge in [-0.15, -0.1) is 0 Å². The summed E-state index contributed by atoms with van der Waals surface area (Å²) in [6.45, 7) is 6.15. The highest BCUT2D eigenvalue weighted by Gasteiger charge is 2.24. The monoisotopic (exact) mass is 286 g/mol. The van der Waals surface area contributed by atoms with E-state index in [0.717, 1.165) is 0 Å². The van der Waals surface area contributed by atoms with E-state index >= 15 is 0 Å². The summed E-state index contributed by atoms with van der Waals surface area (Å²) in [7, 11) is 0. The highest BCUT2D eigenvalue weighted by Crippen LogP contribution is 2.28. The number of hydrogen-bond donors (Lipinski definition) is 3. The van der Waals surface area contributed by atoms with Gasteiger partial charge in [0.2, 0.25) is 11.8 Å². The summed E-state index contributed by atoms with van der Waals surface area (Å²) < 4.78 is -0.0664. The molecule has 1 aromatic heterocycles. The van der Waals surface area contributed by atoms with Crippen molar-refractivity contribution in [2.24, 2.45) is 5.84 Å². The minimum absolute atomic E-state index is 0.0664. The second kappa shape index (κ2) is 6.02. The van der Waals surface area contributed by atoms with Gasteiger partial charge in [0.1, 0.15) is 5.69 Å². The molecule has 0 aromatic carbocycles. The fourth-order valence-electron chi connectivity index (χ4n) is 1.34. The van der Waals surface area contributed by atoms with Crippen molar-refractivity contribution in [1.82, 2.24) is 9.97 Å². The molecule has 8 nitrogen and oxygen atoms in total. The van der Waals surface area contributed by atoms with Crippen LogP contribution in [0.3, 0.4) is 0 Å². The van der Waals surface area contributed by atoms with Crippen LogP contribution >= 0.6 is 11.8 Å². The van der Waals surface area contributed by atoms with Crippen molar-refractivity contribution < 1.29 is 4.92 Å². The molecular weight excluding hydrogens is 268 g/mol. The van der Waals surface area contributed by atoms with Gasteiger partial charge in [0.25, 0.3) is 0 Å². The Kier molecular flexibility index (Phi) is 4.90. The first kappa shape index (κ1) is 15.4. The summed E-state index contributed by atoms with van der Waals surface area (Å²) in [5.74, 6) is 5.56. The molecule has 19 heavy (non-hydrogen) atoms. The minimum Gasteiger partial charge on any atom is -0.363 e. The molecule has 0 aliphatic heterocycles. The fraction of sp³-hybridized carbons (Fsp3) is 0.600. The van der Waals surface area contributed by atoms with E-state index in [1.165, 1.54) is 0 Å². The third-order valence-corrected chi connectivity index (χ3v) is 3.85. The van der Waals surface area contributed by atoms with E-state index in [4.69, 9.17) is 5.84 Å². The molecule has 0 radical (unpaired) electrons. The van der Waals surface area contributed by atoms with Gasteiger partial charge in [-0.25, -0.2) is 10.8 Å². The lowest BCUT2D eigenvalue weighted by atomic mass is 10.2. The van der Waals surface area contributed by atoms with Crippen molar-refractivity contribution in [3.8, 4) is 0 Å². The maximum absolute atomic E-state index is 11.1. The summed E-state index contributed by atoms with van der Waals surface area (Å²) in [6.07, 6.45) is 1.98. The quantitative estimate of drug-likeness (QED) is 0.409. The first-order chi connectivity index (χ1) is 8.80. The molecule has 106 valence electrons. The lowest BCUT2D eigenvalue weighted by Crippen LogP contribution is -2.27. The molecular formula is C10H18N6O2S. The topological polar surface area (TPSA) is 119 Å². The molecule has 0 saturated heterocycles. The number of anilines is 2. The van der Waals surface area contributed by atoms with Gasteiger partial charge in [0.15, 0.2) is 0 Å². The average molecular weight is 286 g/mol. The molecule has 0 fully saturated rings. The van der Waals surface area contributed by atoms with Crippen molar-refractivity contribution in [2.45, 2.75) is 25.5 Å². The molecule has 0 spiro atoms. The Balaban J connectivity index is 3.10. The van der Waals surface area contributed by atoms with E-state index in [0.29, 0.717) is 6.54 Å². The van der Waals surface area contributed by atoms with Gasteiger partial charge in [0, 0.05) is 11.3 Å². The molecule has 9 heteroatoms. The van der Waals surface area contributed by atoms with Crippen LogP contribution in [0.5, 0.6) is 0 Å². The Labute approximate surface area is 115 Å². The maximum atomic E-state index is 11.1. The number of nitrogens with one attached hydrogen (secondary N) is 2. The zero-order chi connectivity index (χ0) is 14.6. The standard InChI is InChI=1S/C10H18N6O2S/c1-6-7(16(17)18)8(14-9(13-6)15-11)12-5-10(2,3)19-4/h5,11H2,1-4H3,(H2,12,13,14,15). The first-order valence-corrected chi connectivity index (χ1v) is 6.82. The van der Waals surface area contributed by atoms with E-state index in [9.17, 15) is 10.1 Å². The Morgan fingerprint density at radius 3 is 2.58 bits per heavy atom. The SMILES string of the molecule is CSC(C)(C)CNc1nc(NN)nc(C)c1[N+](=O)[O-]. The Bertz CT molecular complexity index is 479. The van der Waals surface area contributed by atoms with Gasteiger partial charge >= 0.3 is 5.69 Å². The molecule has 1 heterocycles. The molecule has 0 aliphatic rings. The summed E-state index contributed by atoms with van der Waals surface area (Å²) in [4.78, 5) is 18.5. The number of hydrazine groups is 1. The van der Waals surface area contributed by atoms with E-state index in [2.05, 4.69) is 20.7 Å². The fourth-order valence-corrected chi connectivity index (χ4v) is 1.56. The molecule has 4 N–H and O–H groups in total. The molecule has 0 aliphatic carbocycles. The minimum atomic E-state index is -0.496. The number of nitro groups is 1. The van der Waals surface area contributed by atoms with Crippen molar-refractivity contribution in [2.75, 3.05) is 23.5 Å². The van der Waals surface area contributed by atoms with E-state index in [1.807, 2.05) is 20.1 Å². The lowest BCUT2D eigenvalue weighted by Gasteiger charge is -2.22. The molecule has 0 atom stereocenters. The number of rotatable bonds is 6. The van der Waals surface area contributed by atoms with Crippen LogP contribution in [0.1, 0.15) is 19.5 Å². The van der Waals surface area contributed by atoms with Crippen LogP contribution in [0.2, 0.25) is 0 Å². The molecule has 1 rings (SSSR count). The van der Waals surface area contributed by atoms with Crippen LogP contribution in [-0.4, -0.2) is 32.4 Å². The van der Waals surface area contributed by atoms with Gasteiger partial charge in [-0.2, -0.15) is 16.7 Å². The number of nitrogen functional groups attached to an aromatic ring is 1. The van der Waals surface area contributed by atoms with Crippen molar-refractivity contribution in [3.05, 3.63) is 15.8 Å². The number of nitrogens with zero attached hydrogens (tertiary/aromatic N) is 3. The predicted octanol–water partition coefficient (Wildman–Crippen LogP) is 1.53. The van der Waals surface area contributed by atoms with Gasteiger partial charge in [-0.3, -0.25) is 15.5 Å². The summed E-state index contributed by atoms with van der Waals surface area (Å²) in [5.41, 5.74) is 2.43. The largest absolute Gasteiger partial charge is 0.363 e. The smallest absolute Gasteiger partial charge is 0.332 e. The van der Waals surface area contributed by atoms with E-state index in [-0.39, 0.29) is 27.9 Å². The molecule has 0 amide bonds. The van der Waals surface area contributed by atoms with E-state index < -0.39 is 4.92 Å². The maximum Gasteiger partial charge on any atom is 0.332 e. The number of aryl methyl sites for hydroxylation is 1. The van der Waals surface area contributed by atoms with Crippen molar-refractivity contribution >= 4 is 29.2 Å². The summed E-state index contributed by atoms with van der Waals surface area (Å²) in [5, 5.41) is 14.1. The van der Waals surface area contributed by atoms with Gasteiger partial charge < -0.3 is 5.32 Å². The highest BCUT2D eigenvalue weighted by atomic mass is 32.2. The van der Waals surface area contributed by atoms with Crippen LogP contribution < -0.4 is 16.6 Å². The Morgan fingerprint density at radius 2 is 2.11 bits per heavy atom.